The van der Waals surface area contributed by atoms with Gasteiger partial charge in [0.05, 0.1) is 10.4 Å². The molecular formula is C14H12BrClFN5. The SMILES string of the molecule is CN(Cc1ccc(Cl)c(F)c1)c1ncnc2c1c(Br)nn2C. The van der Waals surface area contributed by atoms with Crippen molar-refractivity contribution in [2.75, 3.05) is 11.9 Å². The Kier molecular flexibility index (Phi) is 4.01. The van der Waals surface area contributed by atoms with Crippen LogP contribution in [0.2, 0.25) is 5.02 Å². The molecule has 22 heavy (non-hydrogen) atoms. The van der Waals surface area contributed by atoms with E-state index in [1.54, 1.807) is 16.8 Å². The highest BCUT2D eigenvalue weighted by molar-refractivity contribution is 9.10. The molecule has 5 nitrogen and oxygen atoms in total. The number of rotatable bonds is 3. The highest BCUT2D eigenvalue weighted by atomic mass is 79.9. The third kappa shape index (κ3) is 2.66. The predicted molar refractivity (Wildman–Crippen MR) is 87.5 cm³/mol. The van der Waals surface area contributed by atoms with Crippen LogP contribution in [0.1, 0.15) is 5.56 Å². The normalized spacial score (nSPS) is 11.1. The minimum atomic E-state index is -0.428. The zero-order valence-corrected chi connectivity index (χ0v) is 14.2. The molecule has 0 saturated heterocycles. The molecular weight excluding hydrogens is 373 g/mol. The fraction of sp³-hybridized carbons (Fsp3) is 0.214. The zero-order valence-electron chi connectivity index (χ0n) is 11.9. The van der Waals surface area contributed by atoms with Crippen molar-refractivity contribution >= 4 is 44.4 Å². The second-order valence-corrected chi connectivity index (χ2v) is 6.07. The van der Waals surface area contributed by atoms with Gasteiger partial charge in [0.25, 0.3) is 0 Å². The Morgan fingerprint density at radius 2 is 2.14 bits per heavy atom. The minimum absolute atomic E-state index is 0.117. The molecule has 1 aromatic carbocycles. The summed E-state index contributed by atoms with van der Waals surface area (Å²) in [5.41, 5.74) is 1.53. The van der Waals surface area contributed by atoms with Gasteiger partial charge in [-0.25, -0.2) is 19.0 Å². The molecule has 2 heterocycles. The van der Waals surface area contributed by atoms with Crippen LogP contribution in [0, 0.1) is 5.82 Å². The van der Waals surface area contributed by atoms with Crippen LogP contribution in [-0.4, -0.2) is 26.8 Å². The van der Waals surface area contributed by atoms with Crippen LogP contribution in [0.3, 0.4) is 0 Å². The molecule has 0 unspecified atom stereocenters. The van der Waals surface area contributed by atoms with Gasteiger partial charge in [0.15, 0.2) is 5.65 Å². The first-order valence-electron chi connectivity index (χ1n) is 6.45. The molecule has 0 amide bonds. The van der Waals surface area contributed by atoms with E-state index in [1.165, 1.54) is 12.4 Å². The molecule has 0 saturated carbocycles. The standard InChI is InChI=1S/C14H12BrClFN5/c1-21(6-8-3-4-9(16)10(17)5-8)13-11-12(15)20-22(2)14(11)19-7-18-13/h3-5,7H,6H2,1-2H3. The molecule has 0 aliphatic carbocycles. The van der Waals surface area contributed by atoms with Gasteiger partial charge in [0.2, 0.25) is 0 Å². The highest BCUT2D eigenvalue weighted by Gasteiger charge is 2.16. The summed E-state index contributed by atoms with van der Waals surface area (Å²) in [6.07, 6.45) is 1.49. The van der Waals surface area contributed by atoms with Crippen molar-refractivity contribution in [3.8, 4) is 0 Å². The van der Waals surface area contributed by atoms with Crippen LogP contribution < -0.4 is 4.90 Å². The van der Waals surface area contributed by atoms with Gasteiger partial charge in [-0.05, 0) is 33.6 Å². The quantitative estimate of drug-likeness (QED) is 0.693. The number of nitrogens with zero attached hydrogens (tertiary/aromatic N) is 5. The second-order valence-electron chi connectivity index (χ2n) is 4.91. The first kappa shape index (κ1) is 15.2. The number of fused-ring (bicyclic) bond motifs is 1. The summed E-state index contributed by atoms with van der Waals surface area (Å²) in [6, 6.07) is 4.77. The number of halogens is 3. The molecule has 3 rings (SSSR count). The van der Waals surface area contributed by atoms with E-state index >= 15 is 0 Å². The van der Waals surface area contributed by atoms with Crippen LogP contribution in [0.5, 0.6) is 0 Å². The molecule has 0 N–H and O–H groups in total. The average Bonchev–Trinajstić information content (AvgIpc) is 2.78. The average molecular weight is 385 g/mol. The number of hydrogen-bond donors (Lipinski definition) is 0. The summed E-state index contributed by atoms with van der Waals surface area (Å²) in [5, 5.41) is 5.23. The minimum Gasteiger partial charge on any atom is -0.355 e. The van der Waals surface area contributed by atoms with Crippen molar-refractivity contribution < 1.29 is 4.39 Å². The molecule has 0 aliphatic heterocycles. The molecule has 2 aromatic heterocycles. The van der Waals surface area contributed by atoms with E-state index in [9.17, 15) is 4.39 Å². The summed E-state index contributed by atoms with van der Waals surface area (Å²) < 4.78 is 15.9. The van der Waals surface area contributed by atoms with Crippen molar-refractivity contribution in [3.63, 3.8) is 0 Å². The number of benzene rings is 1. The van der Waals surface area contributed by atoms with Gasteiger partial charge in [0, 0.05) is 20.6 Å². The zero-order chi connectivity index (χ0) is 15.9. The molecule has 0 spiro atoms. The van der Waals surface area contributed by atoms with Gasteiger partial charge in [-0.3, -0.25) is 0 Å². The Balaban J connectivity index is 1.98. The van der Waals surface area contributed by atoms with Gasteiger partial charge in [-0.2, -0.15) is 5.10 Å². The maximum Gasteiger partial charge on any atom is 0.164 e. The van der Waals surface area contributed by atoms with Crippen molar-refractivity contribution in [2.24, 2.45) is 7.05 Å². The molecule has 0 atom stereocenters. The Hall–Kier alpha value is -1.73. The molecule has 0 aliphatic rings. The van der Waals surface area contributed by atoms with E-state index in [1.807, 2.05) is 19.0 Å². The van der Waals surface area contributed by atoms with Gasteiger partial charge in [0.1, 0.15) is 22.6 Å². The first-order chi connectivity index (χ1) is 10.5. The summed E-state index contributed by atoms with van der Waals surface area (Å²) >= 11 is 9.14. The van der Waals surface area contributed by atoms with Crippen LogP contribution in [0.25, 0.3) is 11.0 Å². The molecule has 3 aromatic rings. The third-order valence-corrected chi connectivity index (χ3v) is 4.18. The molecule has 0 radical (unpaired) electrons. The van der Waals surface area contributed by atoms with E-state index in [0.29, 0.717) is 11.1 Å². The monoisotopic (exact) mass is 383 g/mol. The van der Waals surface area contributed by atoms with Crippen molar-refractivity contribution in [2.45, 2.75) is 6.54 Å². The summed E-state index contributed by atoms with van der Waals surface area (Å²) in [7, 11) is 3.70. The van der Waals surface area contributed by atoms with E-state index in [0.717, 1.165) is 22.4 Å². The fourth-order valence-corrected chi connectivity index (χ4v) is 3.01. The van der Waals surface area contributed by atoms with Crippen LogP contribution in [0.4, 0.5) is 10.2 Å². The third-order valence-electron chi connectivity index (χ3n) is 3.32. The lowest BCUT2D eigenvalue weighted by molar-refractivity contribution is 0.625. The Morgan fingerprint density at radius 3 is 2.86 bits per heavy atom. The summed E-state index contributed by atoms with van der Waals surface area (Å²) in [6.45, 7) is 0.488. The van der Waals surface area contributed by atoms with Crippen molar-refractivity contribution in [3.05, 3.63) is 45.5 Å². The maximum atomic E-state index is 13.6. The topological polar surface area (TPSA) is 46.8 Å². The van der Waals surface area contributed by atoms with Crippen LogP contribution in [-0.2, 0) is 13.6 Å². The second kappa shape index (κ2) is 5.81. The van der Waals surface area contributed by atoms with Gasteiger partial charge >= 0.3 is 0 Å². The lowest BCUT2D eigenvalue weighted by Crippen LogP contribution is -2.18. The molecule has 8 heteroatoms. The van der Waals surface area contributed by atoms with Crippen molar-refractivity contribution in [1.82, 2.24) is 19.7 Å². The largest absolute Gasteiger partial charge is 0.355 e. The van der Waals surface area contributed by atoms with Gasteiger partial charge < -0.3 is 4.90 Å². The maximum absolute atomic E-state index is 13.6. The van der Waals surface area contributed by atoms with E-state index in [4.69, 9.17) is 11.6 Å². The highest BCUT2D eigenvalue weighted by Crippen LogP contribution is 2.29. The van der Waals surface area contributed by atoms with Gasteiger partial charge in [-0.15, -0.1) is 0 Å². The number of anilines is 1. The van der Waals surface area contributed by atoms with Crippen LogP contribution >= 0.6 is 27.5 Å². The molecule has 0 bridgehead atoms. The lowest BCUT2D eigenvalue weighted by Gasteiger charge is -2.19. The number of hydrogen-bond acceptors (Lipinski definition) is 4. The van der Waals surface area contributed by atoms with Crippen LogP contribution in [0.15, 0.2) is 29.1 Å². The lowest BCUT2D eigenvalue weighted by atomic mass is 10.2. The van der Waals surface area contributed by atoms with Gasteiger partial charge in [-0.1, -0.05) is 17.7 Å². The summed E-state index contributed by atoms with van der Waals surface area (Å²) in [5.74, 6) is 0.295. The van der Waals surface area contributed by atoms with Crippen molar-refractivity contribution in [1.29, 1.82) is 0 Å². The Bertz CT molecular complexity index is 851. The summed E-state index contributed by atoms with van der Waals surface area (Å²) in [4.78, 5) is 10.5. The first-order valence-corrected chi connectivity index (χ1v) is 7.62. The smallest absolute Gasteiger partial charge is 0.164 e. The fourth-order valence-electron chi connectivity index (χ4n) is 2.30. The predicted octanol–water partition coefficient (Wildman–Crippen LogP) is 3.55. The number of aryl methyl sites for hydroxylation is 1. The molecule has 114 valence electrons. The van der Waals surface area contributed by atoms with E-state index in [2.05, 4.69) is 31.0 Å². The van der Waals surface area contributed by atoms with E-state index < -0.39 is 5.82 Å². The molecule has 0 fully saturated rings. The van der Waals surface area contributed by atoms with E-state index in [-0.39, 0.29) is 5.02 Å². The number of aromatic nitrogens is 4. The Morgan fingerprint density at radius 1 is 1.36 bits per heavy atom. The Labute approximate surface area is 139 Å².